The fourth-order valence-corrected chi connectivity index (χ4v) is 3.85. The van der Waals surface area contributed by atoms with Gasteiger partial charge in [-0.3, -0.25) is 14.3 Å². The van der Waals surface area contributed by atoms with E-state index in [1.54, 1.807) is 16.7 Å². The van der Waals surface area contributed by atoms with Gasteiger partial charge in [0.2, 0.25) is 11.8 Å². The summed E-state index contributed by atoms with van der Waals surface area (Å²) in [6.07, 6.45) is 3.09. The molecule has 0 unspecified atom stereocenters. The number of hydrogen-bond acceptors (Lipinski definition) is 4. The smallest absolute Gasteiger partial charge is 0.227 e. The van der Waals surface area contributed by atoms with Gasteiger partial charge in [-0.2, -0.15) is 5.10 Å². The van der Waals surface area contributed by atoms with E-state index in [1.165, 1.54) is 0 Å². The van der Waals surface area contributed by atoms with Gasteiger partial charge >= 0.3 is 0 Å². The number of rotatable bonds is 7. The topological polar surface area (TPSA) is 67.2 Å². The van der Waals surface area contributed by atoms with Crippen molar-refractivity contribution in [1.29, 1.82) is 0 Å². The summed E-state index contributed by atoms with van der Waals surface area (Å²) in [5.74, 6) is -0.319. The number of thioether (sulfide) groups is 1. The Kier molecular flexibility index (Phi) is 6.21. The number of nitrogens with zero attached hydrogens (tertiary/aromatic N) is 3. The second kappa shape index (κ2) is 8.61. The second-order valence-electron chi connectivity index (χ2n) is 6.90. The lowest BCUT2D eigenvalue weighted by atomic mass is 10.1. The lowest BCUT2D eigenvalue weighted by molar-refractivity contribution is -0.126. The Morgan fingerprint density at radius 2 is 2.15 bits per heavy atom. The Morgan fingerprint density at radius 3 is 2.85 bits per heavy atom. The lowest BCUT2D eigenvalue weighted by Crippen LogP contribution is -2.33. The van der Waals surface area contributed by atoms with Gasteiger partial charge in [-0.15, -0.1) is 11.8 Å². The first-order chi connectivity index (χ1) is 13.0. The summed E-state index contributed by atoms with van der Waals surface area (Å²) in [7, 11) is 0. The number of nitrogens with one attached hydrogen (secondary N) is 1. The molecular weight excluding hydrogens is 360 g/mol. The molecular formula is C20H26N4O2S. The van der Waals surface area contributed by atoms with Crippen LogP contribution in [0.25, 0.3) is 0 Å². The zero-order chi connectivity index (χ0) is 19.4. The van der Waals surface area contributed by atoms with Gasteiger partial charge in [0.15, 0.2) is 0 Å². The third kappa shape index (κ3) is 4.71. The van der Waals surface area contributed by atoms with Crippen molar-refractivity contribution in [1.82, 2.24) is 15.1 Å². The van der Waals surface area contributed by atoms with Gasteiger partial charge in [0.05, 0.1) is 11.6 Å². The van der Waals surface area contributed by atoms with Crippen molar-refractivity contribution >= 4 is 29.3 Å². The highest BCUT2D eigenvalue weighted by atomic mass is 32.2. The zero-order valence-electron chi connectivity index (χ0n) is 16.1. The van der Waals surface area contributed by atoms with E-state index in [9.17, 15) is 9.59 Å². The van der Waals surface area contributed by atoms with E-state index < -0.39 is 0 Å². The minimum Gasteiger partial charge on any atom is -0.356 e. The maximum absolute atomic E-state index is 12.5. The van der Waals surface area contributed by atoms with Crippen LogP contribution in [-0.2, 0) is 16.1 Å². The van der Waals surface area contributed by atoms with Gasteiger partial charge in [0.1, 0.15) is 0 Å². The van der Waals surface area contributed by atoms with Crippen LogP contribution in [0.3, 0.4) is 0 Å². The molecule has 3 rings (SSSR count). The Balaban J connectivity index is 1.49. The number of benzene rings is 1. The van der Waals surface area contributed by atoms with Gasteiger partial charge in [0, 0.05) is 42.3 Å². The summed E-state index contributed by atoms with van der Waals surface area (Å²) in [5.41, 5.74) is 3.00. The predicted octanol–water partition coefficient (Wildman–Crippen LogP) is 2.78. The second-order valence-corrected chi connectivity index (χ2v) is 7.78. The molecule has 2 aromatic rings. The van der Waals surface area contributed by atoms with Crippen molar-refractivity contribution < 1.29 is 9.59 Å². The normalized spacial score (nSPS) is 16.8. The molecule has 2 heterocycles. The molecule has 1 N–H and O–H groups in total. The molecule has 6 nitrogen and oxygen atoms in total. The summed E-state index contributed by atoms with van der Waals surface area (Å²) in [4.78, 5) is 27.7. The first kappa shape index (κ1) is 19.5. The van der Waals surface area contributed by atoms with E-state index in [0.29, 0.717) is 13.1 Å². The molecule has 27 heavy (non-hydrogen) atoms. The summed E-state index contributed by atoms with van der Waals surface area (Å²) < 4.78 is 1.96. The van der Waals surface area contributed by atoms with Crippen LogP contribution in [0.1, 0.15) is 24.2 Å². The molecule has 1 aromatic heterocycles. The van der Waals surface area contributed by atoms with Crippen LogP contribution >= 0.6 is 11.8 Å². The number of carbonyl (C=O) groups excluding carboxylic acids is 2. The zero-order valence-corrected chi connectivity index (χ0v) is 16.9. The van der Waals surface area contributed by atoms with Crippen LogP contribution in [0.5, 0.6) is 0 Å². The van der Waals surface area contributed by atoms with Crippen molar-refractivity contribution in [3.8, 4) is 0 Å². The number of aryl methyl sites for hydroxylation is 3. The number of aromatic nitrogens is 2. The van der Waals surface area contributed by atoms with Crippen LogP contribution in [0.2, 0.25) is 0 Å². The highest BCUT2D eigenvalue weighted by Crippen LogP contribution is 2.28. The molecule has 7 heteroatoms. The maximum Gasteiger partial charge on any atom is 0.227 e. The van der Waals surface area contributed by atoms with Crippen LogP contribution in [0.15, 0.2) is 35.2 Å². The fourth-order valence-electron chi connectivity index (χ4n) is 3.40. The first-order valence-electron chi connectivity index (χ1n) is 9.21. The number of carbonyl (C=O) groups is 2. The molecule has 0 aliphatic carbocycles. The molecule has 0 spiro atoms. The minimum absolute atomic E-state index is 0.0102. The number of anilines is 1. The minimum atomic E-state index is -0.288. The van der Waals surface area contributed by atoms with E-state index in [4.69, 9.17) is 0 Å². The Bertz CT molecular complexity index is 833. The quantitative estimate of drug-likeness (QED) is 0.587. The van der Waals surface area contributed by atoms with Crippen molar-refractivity contribution in [3.63, 3.8) is 0 Å². The van der Waals surface area contributed by atoms with Crippen molar-refractivity contribution in [2.45, 2.75) is 38.1 Å². The highest BCUT2D eigenvalue weighted by Gasteiger charge is 2.34. The Morgan fingerprint density at radius 1 is 1.33 bits per heavy atom. The summed E-state index contributed by atoms with van der Waals surface area (Å²) >= 11 is 1.64. The summed E-state index contributed by atoms with van der Waals surface area (Å²) in [6, 6.07) is 9.93. The van der Waals surface area contributed by atoms with E-state index >= 15 is 0 Å². The van der Waals surface area contributed by atoms with Crippen LogP contribution in [-0.4, -0.2) is 40.9 Å². The van der Waals surface area contributed by atoms with Crippen LogP contribution in [0.4, 0.5) is 5.69 Å². The van der Waals surface area contributed by atoms with Gasteiger partial charge < -0.3 is 10.2 Å². The molecule has 1 aromatic carbocycles. The van der Waals surface area contributed by atoms with E-state index in [0.717, 1.165) is 34.9 Å². The van der Waals surface area contributed by atoms with Crippen molar-refractivity contribution in [3.05, 3.63) is 41.7 Å². The fraction of sp³-hybridized carbons (Fsp3) is 0.450. The molecule has 1 atom stereocenters. The highest BCUT2D eigenvalue weighted by molar-refractivity contribution is 7.98. The van der Waals surface area contributed by atoms with E-state index in [2.05, 4.69) is 10.4 Å². The molecule has 1 saturated heterocycles. The van der Waals surface area contributed by atoms with Crippen LogP contribution < -0.4 is 10.2 Å². The molecule has 0 saturated carbocycles. The third-order valence-corrected chi connectivity index (χ3v) is 5.54. The molecule has 1 aliphatic rings. The van der Waals surface area contributed by atoms with Gasteiger partial charge in [-0.1, -0.05) is 6.07 Å². The standard InChI is InChI=1S/C20H26N4O2S/c1-14-10-15(2)24(22-14)9-5-8-21-20(26)16-11-19(25)23(13-16)17-6-4-7-18(12-17)27-3/h4,6-7,10,12,16H,5,8-9,11,13H2,1-3H3,(H,21,26)/t16-/m0/s1. The van der Waals surface area contributed by atoms with Crippen molar-refractivity contribution in [2.75, 3.05) is 24.2 Å². The Hall–Kier alpha value is -2.28. The SMILES string of the molecule is CSc1cccc(N2C[C@@H](C(=O)NCCCn3nc(C)cc3C)CC2=O)c1. The average molecular weight is 387 g/mol. The predicted molar refractivity (Wildman–Crippen MR) is 108 cm³/mol. The van der Waals surface area contributed by atoms with Gasteiger partial charge in [-0.25, -0.2) is 0 Å². The molecule has 0 radical (unpaired) electrons. The van der Waals surface area contributed by atoms with E-state index in [-0.39, 0.29) is 24.2 Å². The first-order valence-corrected chi connectivity index (χ1v) is 10.4. The summed E-state index contributed by atoms with van der Waals surface area (Å²) in [5, 5.41) is 7.40. The van der Waals surface area contributed by atoms with Crippen LogP contribution in [0, 0.1) is 19.8 Å². The Labute approximate surface area is 164 Å². The van der Waals surface area contributed by atoms with Crippen molar-refractivity contribution in [2.24, 2.45) is 5.92 Å². The molecule has 2 amide bonds. The number of amides is 2. The van der Waals surface area contributed by atoms with Gasteiger partial charge in [-0.05, 0) is 50.8 Å². The van der Waals surface area contributed by atoms with Gasteiger partial charge in [0.25, 0.3) is 0 Å². The summed E-state index contributed by atoms with van der Waals surface area (Å²) in [6.45, 7) is 5.81. The average Bonchev–Trinajstić information content (AvgIpc) is 3.20. The van der Waals surface area contributed by atoms with E-state index in [1.807, 2.05) is 55.1 Å². The number of hydrogen-bond donors (Lipinski definition) is 1. The largest absolute Gasteiger partial charge is 0.356 e. The molecule has 0 bridgehead atoms. The maximum atomic E-state index is 12.5. The molecule has 1 fully saturated rings. The molecule has 1 aliphatic heterocycles. The lowest BCUT2D eigenvalue weighted by Gasteiger charge is -2.17. The monoisotopic (exact) mass is 386 g/mol. The third-order valence-electron chi connectivity index (χ3n) is 4.81. The molecule has 144 valence electrons.